The monoisotopic (exact) mass is 877 g/mol. The van der Waals surface area contributed by atoms with Crippen molar-refractivity contribution < 1.29 is 60.3 Å². The lowest BCUT2D eigenvalue weighted by Gasteiger charge is -2.39. The lowest BCUT2D eigenvalue weighted by Crippen LogP contribution is -2.60. The number of urea groups is 1. The molecule has 0 saturated carbocycles. The number of amides is 7. The Morgan fingerprint density at radius 1 is 0.774 bits per heavy atom. The van der Waals surface area contributed by atoms with Gasteiger partial charge in [0.2, 0.25) is 29.5 Å². The zero-order valence-corrected chi connectivity index (χ0v) is 34.9. The van der Waals surface area contributed by atoms with E-state index in [1.807, 2.05) is 6.92 Å². The van der Waals surface area contributed by atoms with Crippen LogP contribution in [0.3, 0.4) is 0 Å². The molecule has 0 bridgehead atoms. The van der Waals surface area contributed by atoms with Crippen LogP contribution in [0.15, 0.2) is 42.5 Å². The van der Waals surface area contributed by atoms with Crippen molar-refractivity contribution in [1.29, 1.82) is 0 Å². The van der Waals surface area contributed by atoms with Gasteiger partial charge in [-0.05, 0) is 107 Å². The van der Waals surface area contributed by atoms with Crippen LogP contribution in [0.2, 0.25) is 0 Å². The van der Waals surface area contributed by atoms with E-state index in [4.69, 9.17) is 4.74 Å². The summed E-state index contributed by atoms with van der Waals surface area (Å²) in [5.41, 5.74) is -1.06. The maximum atomic E-state index is 14.2. The molecule has 2 aromatic carbocycles. The van der Waals surface area contributed by atoms with E-state index < -0.39 is 108 Å². The van der Waals surface area contributed by atoms with Gasteiger partial charge >= 0.3 is 18.2 Å². The Labute approximate surface area is 355 Å². The number of alkyl halides is 3. The maximum absolute atomic E-state index is 14.2. The van der Waals surface area contributed by atoms with E-state index >= 15 is 0 Å². The summed E-state index contributed by atoms with van der Waals surface area (Å²) in [5.74, 6) is -5.52. The van der Waals surface area contributed by atoms with Crippen molar-refractivity contribution in [2.75, 3.05) is 31.6 Å². The average Bonchev–Trinajstić information content (AvgIpc) is 3.86. The number of nitrogens with zero attached hydrogens (tertiary/aromatic N) is 3. The third-order valence-corrected chi connectivity index (χ3v) is 11.2. The normalized spacial score (nSPS) is 21.7. The topological polar surface area (TPSA) is 187 Å². The van der Waals surface area contributed by atoms with E-state index in [9.17, 15) is 55.5 Å². The van der Waals surface area contributed by atoms with Gasteiger partial charge in [0.1, 0.15) is 47.9 Å². The van der Waals surface area contributed by atoms with Gasteiger partial charge in [-0.15, -0.1) is 0 Å². The lowest BCUT2D eigenvalue weighted by atomic mass is 9.99. The number of rotatable bonds is 13. The molecule has 0 spiro atoms. The molecule has 0 aromatic heterocycles. The molecule has 338 valence electrons. The van der Waals surface area contributed by atoms with Crippen molar-refractivity contribution in [2.45, 2.75) is 115 Å². The number of anilines is 1. The molecule has 15 nitrogen and oxygen atoms in total. The number of hydrogen-bond acceptors (Lipinski definition) is 8. The summed E-state index contributed by atoms with van der Waals surface area (Å²) in [4.78, 5) is 98.7. The molecule has 62 heavy (non-hydrogen) atoms. The number of likely N-dealkylation sites (tertiary alicyclic amines) is 3. The molecule has 3 heterocycles. The molecule has 0 aliphatic carbocycles. The summed E-state index contributed by atoms with van der Waals surface area (Å²) >= 11 is 0. The number of esters is 1. The number of nitrogens with one attached hydrogen (secondary N) is 4. The Hall–Kier alpha value is -5.82. The second-order valence-electron chi connectivity index (χ2n) is 16.0. The predicted molar refractivity (Wildman–Crippen MR) is 213 cm³/mol. The smallest absolute Gasteiger partial charge is 0.416 e. The van der Waals surface area contributed by atoms with Gasteiger partial charge in [-0.2, -0.15) is 13.2 Å². The third-order valence-electron chi connectivity index (χ3n) is 11.2. The predicted octanol–water partition coefficient (Wildman–Crippen LogP) is 3.90. The lowest BCUT2D eigenvalue weighted by molar-refractivity contribution is -0.154. The summed E-state index contributed by atoms with van der Waals surface area (Å²) in [7, 11) is 0. The van der Waals surface area contributed by atoms with Crippen molar-refractivity contribution in [3.8, 4) is 0 Å². The molecule has 7 amide bonds. The van der Waals surface area contributed by atoms with Crippen molar-refractivity contribution in [3.63, 3.8) is 0 Å². The van der Waals surface area contributed by atoms with E-state index in [1.54, 1.807) is 6.92 Å². The van der Waals surface area contributed by atoms with Crippen LogP contribution in [-0.4, -0.2) is 119 Å². The number of hydrogen-bond donors (Lipinski definition) is 4. The van der Waals surface area contributed by atoms with Gasteiger partial charge in [0, 0.05) is 37.8 Å². The number of benzene rings is 2. The highest BCUT2D eigenvalue weighted by atomic mass is 19.4. The molecule has 0 radical (unpaired) electrons. The van der Waals surface area contributed by atoms with Crippen LogP contribution < -0.4 is 21.3 Å². The first-order valence-electron chi connectivity index (χ1n) is 20.7. The standard InChI is InChI=1S/C42H52F5N7O8/c1-5-62-40(60)34-17-23(2)22-54(34)38(58)25(4)49-36(56)32-9-6-7-15-52(32)39(59)33-10-8-16-53(33)37(57)24(3)48-35(55)31(20-26-18-28(43)21-29(44)19-26)51-41(61)50-30-13-11-27(12-14-30)42(45,46)47/h11-14,18-19,21,23-25,31-34H,5-10,15-17,20,22H2,1-4H3,(H,48,55)(H,49,56)(H2,50,51,61)/t23-,24+,25+,31+,32+,33+,34+/m1/s1. The summed E-state index contributed by atoms with van der Waals surface area (Å²) < 4.78 is 72.5. The summed E-state index contributed by atoms with van der Waals surface area (Å²) in [5, 5.41) is 9.89. The molecule has 3 aliphatic heterocycles. The highest BCUT2D eigenvalue weighted by Crippen LogP contribution is 2.30. The van der Waals surface area contributed by atoms with Crippen LogP contribution in [0.25, 0.3) is 0 Å². The molecule has 3 aliphatic rings. The van der Waals surface area contributed by atoms with E-state index in [1.165, 1.54) is 28.5 Å². The number of carbonyl (C=O) groups excluding carboxylic acids is 7. The minimum absolute atomic E-state index is 0.0351. The number of halogens is 5. The van der Waals surface area contributed by atoms with Crippen LogP contribution in [0.1, 0.15) is 77.3 Å². The molecule has 4 N–H and O–H groups in total. The minimum atomic E-state index is -4.62. The van der Waals surface area contributed by atoms with E-state index in [0.717, 1.165) is 36.4 Å². The zero-order chi connectivity index (χ0) is 45.5. The van der Waals surface area contributed by atoms with Crippen LogP contribution >= 0.6 is 0 Å². The van der Waals surface area contributed by atoms with Gasteiger partial charge in [0.15, 0.2) is 0 Å². The van der Waals surface area contributed by atoms with Gasteiger partial charge in [-0.25, -0.2) is 18.4 Å². The van der Waals surface area contributed by atoms with E-state index in [0.29, 0.717) is 44.7 Å². The first-order chi connectivity index (χ1) is 29.3. The molecular formula is C42H52F5N7O8. The van der Waals surface area contributed by atoms with Crippen molar-refractivity contribution in [1.82, 2.24) is 30.7 Å². The fourth-order valence-corrected chi connectivity index (χ4v) is 8.18. The van der Waals surface area contributed by atoms with Gasteiger partial charge in [-0.1, -0.05) is 6.92 Å². The van der Waals surface area contributed by atoms with Gasteiger partial charge < -0.3 is 40.7 Å². The minimum Gasteiger partial charge on any atom is -0.464 e. The van der Waals surface area contributed by atoms with Crippen LogP contribution in [0.5, 0.6) is 0 Å². The molecule has 2 aromatic rings. The Morgan fingerprint density at radius 2 is 1.39 bits per heavy atom. The number of carbonyl (C=O) groups is 7. The molecule has 3 saturated heterocycles. The number of piperidine rings is 1. The second kappa shape index (κ2) is 20.4. The average molecular weight is 878 g/mol. The second-order valence-corrected chi connectivity index (χ2v) is 16.0. The fourth-order valence-electron chi connectivity index (χ4n) is 8.18. The van der Waals surface area contributed by atoms with Gasteiger partial charge in [0.05, 0.1) is 12.2 Å². The summed E-state index contributed by atoms with van der Waals surface area (Å²) in [6.07, 6.45) is -2.47. The molecule has 0 unspecified atom stereocenters. The van der Waals surface area contributed by atoms with Gasteiger partial charge in [-0.3, -0.25) is 24.0 Å². The Morgan fingerprint density at radius 3 is 2.03 bits per heavy atom. The fraction of sp³-hybridized carbons (Fsp3) is 0.548. The summed E-state index contributed by atoms with van der Waals surface area (Å²) in [6.45, 7) is 7.25. The first-order valence-corrected chi connectivity index (χ1v) is 20.7. The van der Waals surface area contributed by atoms with Crippen molar-refractivity contribution in [2.24, 2.45) is 5.92 Å². The quantitative estimate of drug-likeness (QED) is 0.173. The molecule has 5 rings (SSSR count). The van der Waals surface area contributed by atoms with Crippen LogP contribution in [0.4, 0.5) is 32.4 Å². The first kappa shape index (κ1) is 47.2. The van der Waals surface area contributed by atoms with Crippen LogP contribution in [0, 0.1) is 17.6 Å². The molecular weight excluding hydrogens is 825 g/mol. The maximum Gasteiger partial charge on any atom is 0.416 e. The SMILES string of the molecule is CCOC(=O)[C@@H]1C[C@@H](C)CN1C(=O)[C@H](C)NC(=O)[C@@H]1CCCCN1C(=O)[C@@H]1CCCN1C(=O)[C@H](C)NC(=O)[C@H](Cc1cc(F)cc(F)c1)NC(=O)Nc1ccc(C(F)(F)F)cc1. The number of ether oxygens (including phenoxy) is 1. The Kier molecular flexibility index (Phi) is 15.5. The Balaban J connectivity index is 1.24. The highest BCUT2D eigenvalue weighted by molar-refractivity contribution is 5.98. The molecule has 20 heteroatoms. The molecule has 7 atom stereocenters. The van der Waals surface area contributed by atoms with Crippen molar-refractivity contribution in [3.05, 3.63) is 65.2 Å². The van der Waals surface area contributed by atoms with Gasteiger partial charge in [0.25, 0.3) is 0 Å². The van der Waals surface area contributed by atoms with E-state index in [-0.39, 0.29) is 43.3 Å². The van der Waals surface area contributed by atoms with Crippen molar-refractivity contribution >= 4 is 47.2 Å². The largest absolute Gasteiger partial charge is 0.464 e. The zero-order valence-electron chi connectivity index (χ0n) is 34.9. The highest BCUT2D eigenvalue weighted by Gasteiger charge is 2.44. The summed E-state index contributed by atoms with van der Waals surface area (Å²) in [6, 6.07) is -1.68. The molecule has 3 fully saturated rings. The van der Waals surface area contributed by atoms with Crippen LogP contribution in [-0.2, 0) is 46.1 Å². The Bertz CT molecular complexity index is 1980. The van der Waals surface area contributed by atoms with E-state index in [2.05, 4.69) is 21.3 Å². The third kappa shape index (κ3) is 11.8.